The molecule has 0 fully saturated rings. The summed E-state index contributed by atoms with van der Waals surface area (Å²) in [4.78, 5) is 35.8. The number of hydrogen-bond donors (Lipinski definition) is 0. The molecule has 0 aliphatic carbocycles. The Labute approximate surface area is 142 Å². The molecule has 3 unspecified atom stereocenters. The van der Waals surface area contributed by atoms with E-state index in [1.165, 1.54) is 21.0 Å². The first-order valence-electron chi connectivity index (χ1n) is 7.78. The standard InChI is InChI=1S/C18H24O6/c1-12(22-4)10-16(20)24-14(3)17(13(2)19)18(21)23-11-15-8-6-5-7-9-15/h5-9,12,14,17H,10-11H2,1-4H3. The average Bonchev–Trinajstić information content (AvgIpc) is 2.53. The van der Waals surface area contributed by atoms with Gasteiger partial charge in [0.05, 0.1) is 12.5 Å². The molecule has 0 aliphatic rings. The van der Waals surface area contributed by atoms with Gasteiger partial charge in [-0.15, -0.1) is 0 Å². The third kappa shape index (κ3) is 6.50. The van der Waals surface area contributed by atoms with Gasteiger partial charge in [-0.3, -0.25) is 14.4 Å². The summed E-state index contributed by atoms with van der Waals surface area (Å²) >= 11 is 0. The number of rotatable bonds is 9. The van der Waals surface area contributed by atoms with Crippen molar-refractivity contribution in [2.24, 2.45) is 5.92 Å². The lowest BCUT2D eigenvalue weighted by Crippen LogP contribution is -2.37. The van der Waals surface area contributed by atoms with Crippen molar-refractivity contribution in [3.05, 3.63) is 35.9 Å². The van der Waals surface area contributed by atoms with Gasteiger partial charge in [0, 0.05) is 7.11 Å². The zero-order valence-corrected chi connectivity index (χ0v) is 14.5. The highest BCUT2D eigenvalue weighted by atomic mass is 16.6. The third-order valence-corrected chi connectivity index (χ3v) is 3.56. The van der Waals surface area contributed by atoms with Crippen molar-refractivity contribution in [3.8, 4) is 0 Å². The van der Waals surface area contributed by atoms with Crippen LogP contribution in [0.2, 0.25) is 0 Å². The highest BCUT2D eigenvalue weighted by Crippen LogP contribution is 2.15. The Morgan fingerprint density at radius 1 is 1.08 bits per heavy atom. The fourth-order valence-electron chi connectivity index (χ4n) is 2.15. The first kappa shape index (κ1) is 19.8. The van der Waals surface area contributed by atoms with Gasteiger partial charge in [0.25, 0.3) is 0 Å². The normalized spacial score (nSPS) is 14.3. The number of carbonyl (C=O) groups is 3. The van der Waals surface area contributed by atoms with Crippen molar-refractivity contribution >= 4 is 17.7 Å². The van der Waals surface area contributed by atoms with Gasteiger partial charge in [-0.25, -0.2) is 0 Å². The van der Waals surface area contributed by atoms with Gasteiger partial charge in [-0.2, -0.15) is 0 Å². The molecule has 6 nitrogen and oxygen atoms in total. The second-order valence-corrected chi connectivity index (χ2v) is 5.63. The summed E-state index contributed by atoms with van der Waals surface area (Å²) in [5, 5.41) is 0. The number of Topliss-reactive ketones (excluding diaryl/α,β-unsaturated/α-hetero) is 1. The third-order valence-electron chi connectivity index (χ3n) is 3.56. The van der Waals surface area contributed by atoms with E-state index in [9.17, 15) is 14.4 Å². The first-order valence-corrected chi connectivity index (χ1v) is 7.78. The van der Waals surface area contributed by atoms with Gasteiger partial charge in [-0.1, -0.05) is 30.3 Å². The fraction of sp³-hybridized carbons (Fsp3) is 0.500. The molecule has 0 amide bonds. The van der Waals surface area contributed by atoms with Crippen LogP contribution in [0.25, 0.3) is 0 Å². The topological polar surface area (TPSA) is 78.9 Å². The smallest absolute Gasteiger partial charge is 0.320 e. The number of methoxy groups -OCH3 is 1. The van der Waals surface area contributed by atoms with Gasteiger partial charge in [0.15, 0.2) is 5.92 Å². The van der Waals surface area contributed by atoms with Crippen LogP contribution in [0.1, 0.15) is 32.8 Å². The first-order chi connectivity index (χ1) is 11.3. The van der Waals surface area contributed by atoms with Crippen molar-refractivity contribution in [1.82, 2.24) is 0 Å². The molecule has 1 aromatic carbocycles. The molecule has 0 aromatic heterocycles. The van der Waals surface area contributed by atoms with E-state index in [1.54, 1.807) is 6.92 Å². The Kier molecular flexibility index (Phi) is 8.12. The molecule has 0 bridgehead atoms. The highest BCUT2D eigenvalue weighted by molar-refractivity contribution is 5.98. The molecule has 0 radical (unpaired) electrons. The lowest BCUT2D eigenvalue weighted by molar-refractivity contribution is -0.164. The van der Waals surface area contributed by atoms with Crippen LogP contribution in [-0.4, -0.2) is 37.0 Å². The van der Waals surface area contributed by atoms with Crippen molar-refractivity contribution in [2.75, 3.05) is 7.11 Å². The van der Waals surface area contributed by atoms with Gasteiger partial charge in [0.2, 0.25) is 0 Å². The Morgan fingerprint density at radius 2 is 1.71 bits per heavy atom. The minimum Gasteiger partial charge on any atom is -0.461 e. The maximum atomic E-state index is 12.2. The van der Waals surface area contributed by atoms with Crippen LogP contribution in [0, 0.1) is 5.92 Å². The summed E-state index contributed by atoms with van der Waals surface area (Å²) in [6.07, 6.45) is -1.15. The lowest BCUT2D eigenvalue weighted by Gasteiger charge is -2.21. The predicted molar refractivity (Wildman–Crippen MR) is 87.1 cm³/mol. The van der Waals surface area contributed by atoms with Crippen LogP contribution < -0.4 is 0 Å². The number of ketones is 1. The van der Waals surface area contributed by atoms with Gasteiger partial charge < -0.3 is 14.2 Å². The predicted octanol–water partition coefficient (Wildman–Crippen LogP) is 2.29. The molecule has 0 saturated carbocycles. The second kappa shape index (κ2) is 9.82. The Hall–Kier alpha value is -2.21. The molecule has 1 aromatic rings. The van der Waals surface area contributed by atoms with E-state index in [2.05, 4.69) is 0 Å². The van der Waals surface area contributed by atoms with E-state index >= 15 is 0 Å². The number of carbonyl (C=O) groups excluding carboxylic acids is 3. The lowest BCUT2D eigenvalue weighted by atomic mass is 9.99. The van der Waals surface area contributed by atoms with Gasteiger partial charge >= 0.3 is 11.9 Å². The van der Waals surface area contributed by atoms with Gasteiger partial charge in [0.1, 0.15) is 18.5 Å². The fourth-order valence-corrected chi connectivity index (χ4v) is 2.15. The Bertz CT molecular complexity index is 554. The van der Waals surface area contributed by atoms with Crippen LogP contribution >= 0.6 is 0 Å². The van der Waals surface area contributed by atoms with Crippen molar-refractivity contribution in [2.45, 2.75) is 46.0 Å². The SMILES string of the molecule is COC(C)CC(=O)OC(C)C(C(C)=O)C(=O)OCc1ccccc1. The van der Waals surface area contributed by atoms with Gasteiger partial charge in [-0.05, 0) is 26.3 Å². The number of esters is 2. The monoisotopic (exact) mass is 336 g/mol. The zero-order chi connectivity index (χ0) is 18.1. The quantitative estimate of drug-likeness (QED) is 0.508. The molecule has 0 aliphatic heterocycles. The maximum absolute atomic E-state index is 12.2. The summed E-state index contributed by atoms with van der Waals surface area (Å²) < 4.78 is 15.3. The number of ether oxygens (including phenoxy) is 3. The van der Waals surface area contributed by atoms with Crippen LogP contribution in [0.5, 0.6) is 0 Å². The van der Waals surface area contributed by atoms with E-state index < -0.39 is 29.7 Å². The molecule has 132 valence electrons. The summed E-state index contributed by atoms with van der Waals surface area (Å²) in [5.41, 5.74) is 0.812. The number of hydrogen-bond acceptors (Lipinski definition) is 6. The molecule has 1 rings (SSSR count). The largest absolute Gasteiger partial charge is 0.461 e. The minimum atomic E-state index is -1.14. The van der Waals surface area contributed by atoms with Crippen molar-refractivity contribution < 1.29 is 28.6 Å². The molecule has 0 spiro atoms. The van der Waals surface area contributed by atoms with E-state index in [0.717, 1.165) is 5.56 Å². The summed E-state index contributed by atoms with van der Waals surface area (Å²) in [6, 6.07) is 9.13. The second-order valence-electron chi connectivity index (χ2n) is 5.63. The van der Waals surface area contributed by atoms with Crippen LogP contribution in [0.4, 0.5) is 0 Å². The Morgan fingerprint density at radius 3 is 2.25 bits per heavy atom. The molecule has 24 heavy (non-hydrogen) atoms. The summed E-state index contributed by atoms with van der Waals surface area (Å²) in [7, 11) is 1.49. The molecular formula is C18H24O6. The van der Waals surface area contributed by atoms with Crippen LogP contribution in [-0.2, 0) is 35.2 Å². The number of benzene rings is 1. The maximum Gasteiger partial charge on any atom is 0.320 e. The van der Waals surface area contributed by atoms with Crippen molar-refractivity contribution in [1.29, 1.82) is 0 Å². The van der Waals surface area contributed by atoms with Crippen LogP contribution in [0.3, 0.4) is 0 Å². The van der Waals surface area contributed by atoms with E-state index in [-0.39, 0.29) is 19.1 Å². The van der Waals surface area contributed by atoms with E-state index in [0.29, 0.717) is 0 Å². The molecule has 6 heteroatoms. The summed E-state index contributed by atoms with van der Waals surface area (Å²) in [5.74, 6) is -2.78. The molecule has 0 heterocycles. The van der Waals surface area contributed by atoms with Crippen LogP contribution in [0.15, 0.2) is 30.3 Å². The molecule has 0 N–H and O–H groups in total. The van der Waals surface area contributed by atoms with E-state index in [4.69, 9.17) is 14.2 Å². The highest BCUT2D eigenvalue weighted by Gasteiger charge is 2.33. The van der Waals surface area contributed by atoms with E-state index in [1.807, 2.05) is 30.3 Å². The molecular weight excluding hydrogens is 312 g/mol. The van der Waals surface area contributed by atoms with Crippen molar-refractivity contribution in [3.63, 3.8) is 0 Å². The summed E-state index contributed by atoms with van der Waals surface area (Å²) in [6.45, 7) is 4.56. The molecule has 0 saturated heterocycles. The Balaban J connectivity index is 2.62. The zero-order valence-electron chi connectivity index (χ0n) is 14.5. The average molecular weight is 336 g/mol. The minimum absolute atomic E-state index is 0.0462. The molecule has 3 atom stereocenters.